The van der Waals surface area contributed by atoms with Gasteiger partial charge in [0.25, 0.3) is 0 Å². The zero-order valence-electron chi connectivity index (χ0n) is 16.6. The third-order valence-corrected chi connectivity index (χ3v) is 4.89. The Hall–Kier alpha value is -3.41. The van der Waals surface area contributed by atoms with Crippen LogP contribution in [0.2, 0.25) is 0 Å². The molecule has 0 aliphatic carbocycles. The largest absolute Gasteiger partial charge is 0.507 e. The minimum absolute atomic E-state index is 0.0215. The molecule has 0 amide bonds. The summed E-state index contributed by atoms with van der Waals surface area (Å²) in [5.41, 5.74) is 1.75. The first kappa shape index (κ1) is 20.3. The van der Waals surface area contributed by atoms with E-state index in [9.17, 15) is 25.2 Å². The van der Waals surface area contributed by atoms with E-state index in [1.807, 2.05) is 26.8 Å². The van der Waals surface area contributed by atoms with Gasteiger partial charge in [-0.05, 0) is 52.2 Å². The van der Waals surface area contributed by atoms with Crippen molar-refractivity contribution >= 4 is 21.9 Å². The van der Waals surface area contributed by atoms with E-state index in [0.29, 0.717) is 0 Å². The first-order valence-corrected chi connectivity index (χ1v) is 9.35. The van der Waals surface area contributed by atoms with Crippen molar-refractivity contribution in [3.05, 3.63) is 57.3 Å². The third kappa shape index (κ3) is 3.92. The minimum Gasteiger partial charge on any atom is -0.507 e. The molecule has 6 nitrogen and oxygen atoms in total. The molecule has 0 unspecified atom stereocenters. The second kappa shape index (κ2) is 7.91. The lowest BCUT2D eigenvalue weighted by Gasteiger charge is -2.10. The first-order valence-electron chi connectivity index (χ1n) is 9.35. The third-order valence-electron chi connectivity index (χ3n) is 4.89. The van der Waals surface area contributed by atoms with E-state index in [1.54, 1.807) is 0 Å². The van der Waals surface area contributed by atoms with Gasteiger partial charge in [-0.3, -0.25) is 4.79 Å². The summed E-state index contributed by atoms with van der Waals surface area (Å²) in [6.45, 7) is 6.06. The highest BCUT2D eigenvalue weighted by atomic mass is 16.4. The van der Waals surface area contributed by atoms with Crippen LogP contribution in [-0.4, -0.2) is 20.4 Å². The van der Waals surface area contributed by atoms with E-state index in [0.717, 1.165) is 18.4 Å². The normalized spacial score (nSPS) is 11.9. The van der Waals surface area contributed by atoms with Crippen LogP contribution in [0.5, 0.6) is 23.0 Å². The summed E-state index contributed by atoms with van der Waals surface area (Å²) in [6.07, 6.45) is 6.08. The Balaban J connectivity index is 2.08. The van der Waals surface area contributed by atoms with Gasteiger partial charge in [0.1, 0.15) is 22.5 Å². The number of rotatable bonds is 5. The summed E-state index contributed by atoms with van der Waals surface area (Å²) in [5.74, 6) is -1.57. The quantitative estimate of drug-likeness (QED) is 0.274. The molecule has 3 aromatic rings. The highest BCUT2D eigenvalue weighted by molar-refractivity contribution is 5.97. The van der Waals surface area contributed by atoms with Crippen molar-refractivity contribution in [3.8, 4) is 23.0 Å². The topological polar surface area (TPSA) is 111 Å². The van der Waals surface area contributed by atoms with Gasteiger partial charge in [0.2, 0.25) is 11.2 Å². The molecule has 0 saturated heterocycles. The van der Waals surface area contributed by atoms with Crippen LogP contribution in [0, 0.1) is 0 Å². The van der Waals surface area contributed by atoms with Crippen molar-refractivity contribution in [2.24, 2.45) is 0 Å². The van der Waals surface area contributed by atoms with Gasteiger partial charge >= 0.3 is 0 Å². The summed E-state index contributed by atoms with van der Waals surface area (Å²) in [6, 6.07) is 3.73. The Labute approximate surface area is 167 Å². The van der Waals surface area contributed by atoms with E-state index >= 15 is 0 Å². The van der Waals surface area contributed by atoms with Crippen molar-refractivity contribution in [1.82, 2.24) is 0 Å². The number of hydrogen-bond donors (Lipinski definition) is 4. The number of phenolic OH excluding ortho intramolecular Hbond substituents is 4. The van der Waals surface area contributed by atoms with Crippen molar-refractivity contribution < 1.29 is 24.8 Å². The first-order chi connectivity index (χ1) is 13.7. The molecule has 1 heterocycles. The maximum atomic E-state index is 12.9. The minimum atomic E-state index is -0.570. The number of benzene rings is 2. The average molecular weight is 396 g/mol. The molecule has 0 bridgehead atoms. The molecule has 3 rings (SSSR count). The number of fused-ring (bicyclic) bond motifs is 2. The highest BCUT2D eigenvalue weighted by Crippen LogP contribution is 2.39. The molecule has 0 spiro atoms. The fourth-order valence-electron chi connectivity index (χ4n) is 3.23. The fraction of sp³-hybridized carbons (Fsp3) is 0.261. The van der Waals surface area contributed by atoms with E-state index in [4.69, 9.17) is 4.42 Å². The molecule has 0 aliphatic rings. The Bertz CT molecular complexity index is 1210. The van der Waals surface area contributed by atoms with Crippen LogP contribution in [-0.2, 0) is 6.42 Å². The van der Waals surface area contributed by atoms with Gasteiger partial charge in [-0.1, -0.05) is 23.3 Å². The summed E-state index contributed by atoms with van der Waals surface area (Å²) in [7, 11) is 0. The van der Waals surface area contributed by atoms with Crippen molar-refractivity contribution in [2.75, 3.05) is 0 Å². The lowest BCUT2D eigenvalue weighted by molar-refractivity contribution is 0.401. The van der Waals surface area contributed by atoms with Gasteiger partial charge in [-0.15, -0.1) is 0 Å². The van der Waals surface area contributed by atoms with Crippen molar-refractivity contribution in [3.63, 3.8) is 0 Å². The second-order valence-corrected chi connectivity index (χ2v) is 7.41. The van der Waals surface area contributed by atoms with Gasteiger partial charge in [0.15, 0.2) is 11.3 Å². The van der Waals surface area contributed by atoms with Gasteiger partial charge < -0.3 is 24.8 Å². The molecular formula is C23H24O6. The lowest BCUT2D eigenvalue weighted by Crippen LogP contribution is -2.04. The van der Waals surface area contributed by atoms with Crippen LogP contribution < -0.4 is 5.43 Å². The molecule has 0 saturated carbocycles. The molecule has 4 N–H and O–H groups in total. The summed E-state index contributed by atoms with van der Waals surface area (Å²) < 4.78 is 5.50. The molecular weight excluding hydrogens is 372 g/mol. The second-order valence-electron chi connectivity index (χ2n) is 7.41. The summed E-state index contributed by atoms with van der Waals surface area (Å²) >= 11 is 0. The Morgan fingerprint density at radius 1 is 1.00 bits per heavy atom. The van der Waals surface area contributed by atoms with Gasteiger partial charge in [-0.2, -0.15) is 0 Å². The molecule has 152 valence electrons. The highest BCUT2D eigenvalue weighted by Gasteiger charge is 2.20. The molecule has 0 aliphatic heterocycles. The van der Waals surface area contributed by atoms with Crippen LogP contribution >= 0.6 is 0 Å². The maximum absolute atomic E-state index is 12.9. The number of phenols is 4. The Kier molecular flexibility index (Phi) is 5.55. The molecule has 0 atom stereocenters. The van der Waals surface area contributed by atoms with Crippen LogP contribution in [0.15, 0.2) is 50.7 Å². The van der Waals surface area contributed by atoms with E-state index in [-0.39, 0.29) is 45.4 Å². The zero-order valence-corrected chi connectivity index (χ0v) is 16.6. The van der Waals surface area contributed by atoms with Crippen LogP contribution in [0.1, 0.15) is 39.2 Å². The van der Waals surface area contributed by atoms with Gasteiger partial charge in [0, 0.05) is 11.6 Å². The van der Waals surface area contributed by atoms with Crippen LogP contribution in [0.4, 0.5) is 0 Å². The number of allylic oxidation sites excluding steroid dienone is 4. The van der Waals surface area contributed by atoms with E-state index in [2.05, 4.69) is 6.08 Å². The standard InChI is InChI=1S/C23H24O6/c1-12(2)5-4-6-13(3)7-8-14-17(25)11-18-19(20(14)26)21(27)15-9-10-16(24)22(28)23(15)29-18/h5,7,9-11,24-26,28H,4,6,8H2,1-3H3/b13-7+. The lowest BCUT2D eigenvalue weighted by atomic mass is 10.0. The Morgan fingerprint density at radius 3 is 2.41 bits per heavy atom. The number of hydrogen-bond acceptors (Lipinski definition) is 6. The van der Waals surface area contributed by atoms with E-state index in [1.165, 1.54) is 23.8 Å². The smallest absolute Gasteiger partial charge is 0.204 e. The molecule has 6 heteroatoms. The predicted octanol–water partition coefficient (Wildman–Crippen LogP) is 5.00. The SMILES string of the molecule is CC(C)=CCC/C(C)=C/Cc1c(O)cc2oc3c(O)c(O)ccc3c(=O)c2c1O. The zero-order chi connectivity index (χ0) is 21.3. The van der Waals surface area contributed by atoms with Gasteiger partial charge in [0.05, 0.1) is 5.39 Å². The average Bonchev–Trinajstić information content (AvgIpc) is 2.64. The molecule has 29 heavy (non-hydrogen) atoms. The van der Waals surface area contributed by atoms with Crippen LogP contribution in [0.25, 0.3) is 21.9 Å². The molecule has 0 radical (unpaired) electrons. The predicted molar refractivity (Wildman–Crippen MR) is 113 cm³/mol. The fourth-order valence-corrected chi connectivity index (χ4v) is 3.23. The molecule has 2 aromatic carbocycles. The monoisotopic (exact) mass is 396 g/mol. The summed E-state index contributed by atoms with van der Waals surface area (Å²) in [4.78, 5) is 12.9. The van der Waals surface area contributed by atoms with Crippen LogP contribution in [0.3, 0.4) is 0 Å². The maximum Gasteiger partial charge on any atom is 0.204 e. The van der Waals surface area contributed by atoms with Gasteiger partial charge in [-0.25, -0.2) is 0 Å². The van der Waals surface area contributed by atoms with Crippen molar-refractivity contribution in [2.45, 2.75) is 40.0 Å². The van der Waals surface area contributed by atoms with E-state index < -0.39 is 16.9 Å². The van der Waals surface area contributed by atoms with Crippen molar-refractivity contribution in [1.29, 1.82) is 0 Å². The molecule has 1 aromatic heterocycles. The Morgan fingerprint density at radius 2 is 1.72 bits per heavy atom. The molecule has 0 fully saturated rings. The number of aromatic hydroxyl groups is 4. The summed E-state index contributed by atoms with van der Waals surface area (Å²) in [5, 5.41) is 40.6.